The van der Waals surface area contributed by atoms with Crippen molar-refractivity contribution in [2.24, 2.45) is 5.73 Å². The first kappa shape index (κ1) is 14.5. The smallest absolute Gasteiger partial charge is 0.327 e. The first-order valence-corrected chi connectivity index (χ1v) is 6.23. The molecule has 0 amide bonds. The predicted octanol–water partition coefficient (Wildman–Crippen LogP) is 2.57. The van der Waals surface area contributed by atoms with E-state index in [0.29, 0.717) is 12.2 Å². The molecule has 20 heavy (non-hydrogen) atoms. The quantitative estimate of drug-likeness (QED) is 0.938. The van der Waals surface area contributed by atoms with E-state index in [-0.39, 0.29) is 6.04 Å². The Morgan fingerprint density at radius 2 is 2.05 bits per heavy atom. The molecule has 0 aromatic carbocycles. The van der Waals surface area contributed by atoms with Crippen LogP contribution >= 0.6 is 0 Å². The second-order valence-electron chi connectivity index (χ2n) is 4.57. The van der Waals surface area contributed by atoms with Crippen molar-refractivity contribution in [2.75, 3.05) is 0 Å². The Kier molecular flexibility index (Phi) is 4.08. The molecule has 2 rings (SSSR count). The molecule has 0 bridgehead atoms. The molecule has 2 aromatic rings. The standard InChI is InChI=1S/C13H15F3N4/c1-2-11(17)5-9-3-4-12(18-6-9)20-8-10(7-19-20)13(14,15)16/h3-4,6-8,11H,2,5,17H2,1H3. The molecule has 7 heteroatoms. The van der Waals surface area contributed by atoms with Crippen LogP contribution in [0.1, 0.15) is 24.5 Å². The predicted molar refractivity (Wildman–Crippen MR) is 68.3 cm³/mol. The first-order valence-electron chi connectivity index (χ1n) is 6.23. The summed E-state index contributed by atoms with van der Waals surface area (Å²) < 4.78 is 38.5. The molecule has 0 spiro atoms. The molecule has 0 radical (unpaired) electrons. The van der Waals surface area contributed by atoms with Crippen LogP contribution < -0.4 is 5.73 Å². The van der Waals surface area contributed by atoms with E-state index in [4.69, 9.17) is 5.73 Å². The van der Waals surface area contributed by atoms with Crippen LogP contribution in [0.2, 0.25) is 0 Å². The highest BCUT2D eigenvalue weighted by Gasteiger charge is 2.32. The number of rotatable bonds is 4. The number of aromatic nitrogens is 3. The van der Waals surface area contributed by atoms with Gasteiger partial charge in [-0.1, -0.05) is 13.0 Å². The monoisotopic (exact) mass is 284 g/mol. The highest BCUT2D eigenvalue weighted by atomic mass is 19.4. The van der Waals surface area contributed by atoms with Gasteiger partial charge in [-0.3, -0.25) is 0 Å². The summed E-state index contributed by atoms with van der Waals surface area (Å²) in [6, 6.07) is 3.49. The van der Waals surface area contributed by atoms with Gasteiger partial charge in [-0.2, -0.15) is 18.3 Å². The van der Waals surface area contributed by atoms with E-state index >= 15 is 0 Å². The van der Waals surface area contributed by atoms with E-state index in [0.717, 1.165) is 29.1 Å². The lowest BCUT2D eigenvalue weighted by atomic mass is 10.1. The highest BCUT2D eigenvalue weighted by Crippen LogP contribution is 2.28. The van der Waals surface area contributed by atoms with Crippen molar-refractivity contribution in [3.63, 3.8) is 0 Å². The fraction of sp³-hybridized carbons (Fsp3) is 0.385. The Bertz CT molecular complexity index is 560. The summed E-state index contributed by atoms with van der Waals surface area (Å²) >= 11 is 0. The largest absolute Gasteiger partial charge is 0.419 e. The third-order valence-corrected chi connectivity index (χ3v) is 2.98. The Labute approximate surface area is 114 Å². The SMILES string of the molecule is CCC(N)Cc1ccc(-n2cc(C(F)(F)F)cn2)nc1. The maximum atomic E-state index is 12.5. The summed E-state index contributed by atoms with van der Waals surface area (Å²) in [5, 5.41) is 3.67. The van der Waals surface area contributed by atoms with E-state index in [9.17, 15) is 13.2 Å². The van der Waals surface area contributed by atoms with Crippen LogP contribution in [-0.4, -0.2) is 20.8 Å². The Morgan fingerprint density at radius 3 is 2.55 bits per heavy atom. The van der Waals surface area contributed by atoms with Gasteiger partial charge in [0.1, 0.15) is 0 Å². The van der Waals surface area contributed by atoms with E-state index in [1.807, 2.05) is 6.92 Å². The summed E-state index contributed by atoms with van der Waals surface area (Å²) in [7, 11) is 0. The van der Waals surface area contributed by atoms with Crippen molar-refractivity contribution in [3.05, 3.63) is 41.9 Å². The summed E-state index contributed by atoms with van der Waals surface area (Å²) in [5.74, 6) is 0.342. The van der Waals surface area contributed by atoms with Gasteiger partial charge >= 0.3 is 6.18 Å². The Balaban J connectivity index is 2.16. The molecule has 2 aromatic heterocycles. The number of pyridine rings is 1. The maximum absolute atomic E-state index is 12.5. The van der Waals surface area contributed by atoms with Crippen LogP contribution in [0, 0.1) is 0 Å². The molecule has 4 nitrogen and oxygen atoms in total. The Hall–Kier alpha value is -1.89. The number of nitrogens with two attached hydrogens (primary N) is 1. The number of halogens is 3. The zero-order valence-electron chi connectivity index (χ0n) is 10.9. The average Bonchev–Trinajstić information content (AvgIpc) is 2.89. The van der Waals surface area contributed by atoms with Gasteiger partial charge in [0, 0.05) is 18.4 Å². The lowest BCUT2D eigenvalue weighted by molar-refractivity contribution is -0.137. The van der Waals surface area contributed by atoms with Crippen LogP contribution in [-0.2, 0) is 12.6 Å². The van der Waals surface area contributed by atoms with Crippen LogP contribution in [0.25, 0.3) is 5.82 Å². The van der Waals surface area contributed by atoms with Crippen molar-refractivity contribution in [3.8, 4) is 5.82 Å². The minimum absolute atomic E-state index is 0.0594. The number of hydrogen-bond acceptors (Lipinski definition) is 3. The molecule has 0 saturated carbocycles. The molecule has 0 saturated heterocycles. The van der Waals surface area contributed by atoms with Gasteiger partial charge in [-0.05, 0) is 24.5 Å². The summed E-state index contributed by atoms with van der Waals surface area (Å²) in [4.78, 5) is 4.11. The van der Waals surface area contributed by atoms with Gasteiger partial charge < -0.3 is 5.73 Å². The minimum Gasteiger partial charge on any atom is -0.327 e. The van der Waals surface area contributed by atoms with Crippen LogP contribution in [0.4, 0.5) is 13.2 Å². The van der Waals surface area contributed by atoms with Crippen molar-refractivity contribution >= 4 is 0 Å². The average molecular weight is 284 g/mol. The zero-order chi connectivity index (χ0) is 14.8. The topological polar surface area (TPSA) is 56.7 Å². The number of alkyl halides is 3. The van der Waals surface area contributed by atoms with Gasteiger partial charge in [0.25, 0.3) is 0 Å². The van der Waals surface area contributed by atoms with E-state index in [2.05, 4.69) is 10.1 Å². The van der Waals surface area contributed by atoms with E-state index < -0.39 is 11.7 Å². The van der Waals surface area contributed by atoms with E-state index in [1.165, 1.54) is 0 Å². The second kappa shape index (κ2) is 5.62. The third-order valence-electron chi connectivity index (χ3n) is 2.98. The zero-order valence-corrected chi connectivity index (χ0v) is 10.9. The lowest BCUT2D eigenvalue weighted by Gasteiger charge is -2.08. The van der Waals surface area contributed by atoms with Gasteiger partial charge in [-0.25, -0.2) is 9.67 Å². The Morgan fingerprint density at radius 1 is 1.30 bits per heavy atom. The summed E-state index contributed by atoms with van der Waals surface area (Å²) in [6.45, 7) is 1.99. The number of hydrogen-bond donors (Lipinski definition) is 1. The summed E-state index contributed by atoms with van der Waals surface area (Å²) in [5.41, 5.74) is 5.99. The molecule has 0 aliphatic carbocycles. The molecule has 2 heterocycles. The van der Waals surface area contributed by atoms with Gasteiger partial charge in [0.05, 0.1) is 11.8 Å². The molecule has 2 N–H and O–H groups in total. The molecular formula is C13H15F3N4. The van der Waals surface area contributed by atoms with E-state index in [1.54, 1.807) is 18.3 Å². The van der Waals surface area contributed by atoms with Gasteiger partial charge in [0.2, 0.25) is 0 Å². The number of nitrogens with zero attached hydrogens (tertiary/aromatic N) is 3. The first-order chi connectivity index (χ1) is 9.40. The third kappa shape index (κ3) is 3.36. The van der Waals surface area contributed by atoms with Crippen LogP contribution in [0.5, 0.6) is 0 Å². The van der Waals surface area contributed by atoms with Crippen molar-refractivity contribution in [2.45, 2.75) is 32.0 Å². The molecule has 1 atom stereocenters. The molecule has 1 unspecified atom stereocenters. The van der Waals surface area contributed by atoms with Crippen molar-refractivity contribution in [1.82, 2.24) is 14.8 Å². The summed E-state index contributed by atoms with van der Waals surface area (Å²) in [6.07, 6.45) is 0.459. The minimum atomic E-state index is -4.40. The highest BCUT2D eigenvalue weighted by molar-refractivity contribution is 5.26. The van der Waals surface area contributed by atoms with Gasteiger partial charge in [0.15, 0.2) is 5.82 Å². The second-order valence-corrected chi connectivity index (χ2v) is 4.57. The van der Waals surface area contributed by atoms with Crippen molar-refractivity contribution in [1.29, 1.82) is 0 Å². The normalized spacial score (nSPS) is 13.4. The molecular weight excluding hydrogens is 269 g/mol. The lowest BCUT2D eigenvalue weighted by Crippen LogP contribution is -2.21. The van der Waals surface area contributed by atoms with Gasteiger partial charge in [-0.15, -0.1) is 0 Å². The van der Waals surface area contributed by atoms with Crippen LogP contribution in [0.3, 0.4) is 0 Å². The fourth-order valence-electron chi connectivity index (χ4n) is 1.71. The van der Waals surface area contributed by atoms with Crippen LogP contribution in [0.15, 0.2) is 30.7 Å². The molecule has 0 fully saturated rings. The fourth-order valence-corrected chi connectivity index (χ4v) is 1.71. The molecule has 108 valence electrons. The molecule has 0 aliphatic rings. The maximum Gasteiger partial charge on any atom is 0.419 e. The molecule has 0 aliphatic heterocycles. The van der Waals surface area contributed by atoms with Crippen molar-refractivity contribution < 1.29 is 13.2 Å².